The molecule has 0 saturated carbocycles. The number of hydrogen-bond acceptors (Lipinski definition) is 4. The minimum atomic E-state index is -0.294. The number of aryl methyl sites for hydroxylation is 2. The van der Waals surface area contributed by atoms with Crippen LogP contribution in [-0.2, 0) is 0 Å². The van der Waals surface area contributed by atoms with E-state index in [-0.39, 0.29) is 17.0 Å². The van der Waals surface area contributed by atoms with Crippen molar-refractivity contribution >= 4 is 34.2 Å². The lowest BCUT2D eigenvalue weighted by Gasteiger charge is -2.04. The maximum atomic E-state index is 12.5. The molecule has 0 unspecified atom stereocenters. The standard InChI is InChI=1S/C22H16ClN5O/c1-13-8-9-19-18(10-13)22(29)26-21(25-19)15(12-24)11-17-14(2)27-28(20(17)23)16-6-4-3-5-7-16/h3-11H,1-2H3,(H,25,26,29)/b15-11+. The van der Waals surface area contributed by atoms with Gasteiger partial charge in [-0.15, -0.1) is 0 Å². The third-order valence-electron chi connectivity index (χ3n) is 4.57. The zero-order valence-corrected chi connectivity index (χ0v) is 16.5. The number of para-hydroxylation sites is 1. The van der Waals surface area contributed by atoms with E-state index in [1.807, 2.05) is 50.2 Å². The average Bonchev–Trinajstić information content (AvgIpc) is 3.01. The summed E-state index contributed by atoms with van der Waals surface area (Å²) in [5, 5.41) is 15.0. The quantitative estimate of drug-likeness (QED) is 0.514. The number of rotatable bonds is 3. The predicted octanol–water partition coefficient (Wildman–Crippen LogP) is 4.44. The molecule has 0 radical (unpaired) electrons. The molecule has 1 N–H and O–H groups in total. The molecule has 0 aliphatic heterocycles. The van der Waals surface area contributed by atoms with Crippen molar-refractivity contribution < 1.29 is 0 Å². The number of nitrogens with zero attached hydrogens (tertiary/aromatic N) is 4. The van der Waals surface area contributed by atoms with Crippen LogP contribution in [0.2, 0.25) is 5.15 Å². The normalized spacial score (nSPS) is 11.6. The third kappa shape index (κ3) is 3.44. The van der Waals surface area contributed by atoms with E-state index in [0.717, 1.165) is 11.3 Å². The second-order valence-corrected chi connectivity index (χ2v) is 7.00. The van der Waals surface area contributed by atoms with Gasteiger partial charge in [0.25, 0.3) is 5.56 Å². The second-order valence-electron chi connectivity index (χ2n) is 6.64. The molecule has 0 fully saturated rings. The molecule has 2 aromatic carbocycles. The summed E-state index contributed by atoms with van der Waals surface area (Å²) in [7, 11) is 0. The molecule has 0 aliphatic carbocycles. The van der Waals surface area contributed by atoms with Crippen molar-refractivity contribution in [3.8, 4) is 11.8 Å². The number of halogens is 1. The highest BCUT2D eigenvalue weighted by Gasteiger charge is 2.16. The maximum absolute atomic E-state index is 12.5. The largest absolute Gasteiger partial charge is 0.305 e. The highest BCUT2D eigenvalue weighted by atomic mass is 35.5. The lowest BCUT2D eigenvalue weighted by atomic mass is 10.1. The van der Waals surface area contributed by atoms with Crippen molar-refractivity contribution in [3.05, 3.63) is 86.7 Å². The number of hydrogen-bond donors (Lipinski definition) is 1. The van der Waals surface area contributed by atoms with Crippen LogP contribution in [0.4, 0.5) is 0 Å². The van der Waals surface area contributed by atoms with Gasteiger partial charge in [-0.2, -0.15) is 10.4 Å². The molecule has 7 heteroatoms. The number of benzene rings is 2. The highest BCUT2D eigenvalue weighted by Crippen LogP contribution is 2.27. The molecule has 4 rings (SSSR count). The zero-order valence-electron chi connectivity index (χ0n) is 15.8. The molecule has 0 atom stereocenters. The van der Waals surface area contributed by atoms with Gasteiger partial charge in [-0.3, -0.25) is 4.79 Å². The summed E-state index contributed by atoms with van der Waals surface area (Å²) in [5.41, 5.74) is 3.46. The van der Waals surface area contributed by atoms with Crippen LogP contribution < -0.4 is 5.56 Å². The van der Waals surface area contributed by atoms with Crippen molar-refractivity contribution in [2.75, 3.05) is 0 Å². The third-order valence-corrected chi connectivity index (χ3v) is 4.94. The number of H-pyrrole nitrogens is 1. The Morgan fingerprint density at radius 1 is 1.21 bits per heavy atom. The first-order valence-corrected chi connectivity index (χ1v) is 9.29. The number of nitriles is 1. The second kappa shape index (κ2) is 7.38. The summed E-state index contributed by atoms with van der Waals surface area (Å²) in [6.45, 7) is 3.72. The Hall–Kier alpha value is -3.69. The molecule has 0 saturated heterocycles. The van der Waals surface area contributed by atoms with Gasteiger partial charge in [-0.1, -0.05) is 41.4 Å². The molecule has 6 nitrogen and oxygen atoms in total. The number of aromatic amines is 1. The van der Waals surface area contributed by atoms with Crippen LogP contribution >= 0.6 is 11.6 Å². The Bertz CT molecular complexity index is 1360. The molecule has 0 amide bonds. The fourth-order valence-corrected chi connectivity index (χ4v) is 3.42. The zero-order chi connectivity index (χ0) is 20.5. The van der Waals surface area contributed by atoms with Gasteiger partial charge in [0.2, 0.25) is 0 Å². The van der Waals surface area contributed by atoms with E-state index < -0.39 is 0 Å². The van der Waals surface area contributed by atoms with Crippen LogP contribution in [0.1, 0.15) is 22.6 Å². The molecular formula is C22H16ClN5O. The first-order valence-electron chi connectivity index (χ1n) is 8.91. The van der Waals surface area contributed by atoms with Gasteiger partial charge >= 0.3 is 0 Å². The maximum Gasteiger partial charge on any atom is 0.259 e. The van der Waals surface area contributed by atoms with Gasteiger partial charge in [0.05, 0.1) is 27.9 Å². The minimum absolute atomic E-state index is 0.191. The summed E-state index contributed by atoms with van der Waals surface area (Å²) in [6, 6.07) is 17.0. The van der Waals surface area contributed by atoms with Crippen molar-refractivity contribution in [2.45, 2.75) is 13.8 Å². The number of aromatic nitrogens is 4. The first kappa shape index (κ1) is 18.7. The Morgan fingerprint density at radius 2 is 1.97 bits per heavy atom. The Kier molecular flexibility index (Phi) is 4.75. The molecule has 29 heavy (non-hydrogen) atoms. The van der Waals surface area contributed by atoms with Crippen molar-refractivity contribution in [1.29, 1.82) is 5.26 Å². The van der Waals surface area contributed by atoms with Crippen LogP contribution in [0, 0.1) is 25.2 Å². The monoisotopic (exact) mass is 401 g/mol. The van der Waals surface area contributed by atoms with Gasteiger partial charge in [-0.05, 0) is 44.2 Å². The molecule has 2 heterocycles. The molecule has 4 aromatic rings. The van der Waals surface area contributed by atoms with Crippen LogP contribution in [0.3, 0.4) is 0 Å². The number of nitrogens with one attached hydrogen (secondary N) is 1. The molecule has 0 aliphatic rings. The fourth-order valence-electron chi connectivity index (χ4n) is 3.09. The van der Waals surface area contributed by atoms with Crippen LogP contribution in [0.5, 0.6) is 0 Å². The lowest BCUT2D eigenvalue weighted by Crippen LogP contribution is -2.11. The van der Waals surface area contributed by atoms with Gasteiger partial charge in [0, 0.05) is 5.56 Å². The van der Waals surface area contributed by atoms with E-state index in [1.165, 1.54) is 0 Å². The Labute approximate surface area is 171 Å². The summed E-state index contributed by atoms with van der Waals surface area (Å²) in [6.07, 6.45) is 1.60. The van der Waals surface area contributed by atoms with E-state index in [9.17, 15) is 10.1 Å². The van der Waals surface area contributed by atoms with Crippen LogP contribution in [-0.4, -0.2) is 19.7 Å². The van der Waals surface area contributed by atoms with E-state index >= 15 is 0 Å². The van der Waals surface area contributed by atoms with Gasteiger partial charge in [-0.25, -0.2) is 9.67 Å². The minimum Gasteiger partial charge on any atom is -0.305 e. The van der Waals surface area contributed by atoms with E-state index in [2.05, 4.69) is 21.1 Å². The lowest BCUT2D eigenvalue weighted by molar-refractivity contribution is 0.863. The smallest absolute Gasteiger partial charge is 0.259 e. The molecule has 2 aromatic heterocycles. The number of fused-ring (bicyclic) bond motifs is 1. The molecular weight excluding hydrogens is 386 g/mol. The van der Waals surface area contributed by atoms with E-state index in [1.54, 1.807) is 22.9 Å². The SMILES string of the molecule is Cc1ccc2nc(/C(C#N)=C/c3c(C)nn(-c4ccccc4)c3Cl)[nH]c(=O)c2c1. The summed E-state index contributed by atoms with van der Waals surface area (Å²) in [4.78, 5) is 19.6. The fraction of sp³-hybridized carbons (Fsp3) is 0.0909. The first-order chi connectivity index (χ1) is 14.0. The van der Waals surface area contributed by atoms with Crippen LogP contribution in [0.15, 0.2) is 53.3 Å². The Balaban J connectivity index is 1.85. The Morgan fingerprint density at radius 3 is 2.69 bits per heavy atom. The van der Waals surface area contributed by atoms with Crippen molar-refractivity contribution in [2.24, 2.45) is 0 Å². The molecule has 0 spiro atoms. The average molecular weight is 402 g/mol. The summed E-state index contributed by atoms with van der Waals surface area (Å²) < 4.78 is 1.61. The topological polar surface area (TPSA) is 87.4 Å². The van der Waals surface area contributed by atoms with Gasteiger partial charge in [0.1, 0.15) is 11.2 Å². The van der Waals surface area contributed by atoms with Crippen molar-refractivity contribution in [1.82, 2.24) is 19.7 Å². The summed E-state index contributed by atoms with van der Waals surface area (Å²) >= 11 is 6.55. The molecule has 142 valence electrons. The number of allylic oxidation sites excluding steroid dienone is 1. The van der Waals surface area contributed by atoms with E-state index in [4.69, 9.17) is 11.6 Å². The van der Waals surface area contributed by atoms with Crippen LogP contribution in [0.25, 0.3) is 28.2 Å². The van der Waals surface area contributed by atoms with Gasteiger partial charge in [0.15, 0.2) is 5.82 Å². The predicted molar refractivity (Wildman–Crippen MR) is 114 cm³/mol. The summed E-state index contributed by atoms with van der Waals surface area (Å²) in [5.74, 6) is 0.191. The molecule has 0 bridgehead atoms. The van der Waals surface area contributed by atoms with E-state index in [0.29, 0.717) is 27.3 Å². The van der Waals surface area contributed by atoms with Gasteiger partial charge < -0.3 is 4.98 Å². The highest BCUT2D eigenvalue weighted by molar-refractivity contribution is 6.31. The van der Waals surface area contributed by atoms with Crippen molar-refractivity contribution in [3.63, 3.8) is 0 Å².